The first-order chi connectivity index (χ1) is 10.3. The number of hydrogen-bond acceptors (Lipinski definition) is 4. The van der Waals surface area contributed by atoms with Crippen molar-refractivity contribution >= 4 is 22.4 Å². The van der Waals surface area contributed by atoms with E-state index in [1.165, 1.54) is 22.5 Å². The van der Waals surface area contributed by atoms with Crippen LogP contribution in [-0.2, 0) is 17.6 Å². The van der Waals surface area contributed by atoms with E-state index in [-0.39, 0.29) is 18.4 Å². The maximum Gasteiger partial charge on any atom is 0.229 e. The van der Waals surface area contributed by atoms with Crippen molar-refractivity contribution in [2.75, 3.05) is 11.9 Å². The molecule has 3 rings (SSSR count). The number of benzene rings is 1. The Morgan fingerprint density at radius 2 is 2.10 bits per heavy atom. The molecule has 0 saturated heterocycles. The van der Waals surface area contributed by atoms with E-state index in [1.807, 2.05) is 12.1 Å². The number of thiazole rings is 1. The normalized spacial score (nSPS) is 13.4. The number of amides is 1. The van der Waals surface area contributed by atoms with Crippen LogP contribution in [0.3, 0.4) is 0 Å². The largest absolute Gasteiger partial charge is 0.384 e. The highest BCUT2D eigenvalue weighted by atomic mass is 32.1. The van der Waals surface area contributed by atoms with Crippen LogP contribution in [-0.4, -0.2) is 22.6 Å². The van der Waals surface area contributed by atoms with Crippen LogP contribution in [0.15, 0.2) is 30.5 Å². The number of rotatable bonds is 2. The summed E-state index contributed by atoms with van der Waals surface area (Å²) in [7, 11) is 0. The Balaban J connectivity index is 1.64. The monoisotopic (exact) mass is 298 g/mol. The molecule has 106 valence electrons. The molecule has 21 heavy (non-hydrogen) atoms. The van der Waals surface area contributed by atoms with E-state index in [0.717, 1.165) is 17.7 Å². The first-order valence-electron chi connectivity index (χ1n) is 6.69. The number of aliphatic hydroxyl groups excluding tert-OH is 1. The Bertz CT molecular complexity index is 702. The fourth-order valence-electron chi connectivity index (χ4n) is 2.47. The predicted octanol–water partition coefficient (Wildman–Crippen LogP) is 1.84. The SMILES string of the molecule is O=C(Nc1ncc(C#CCO)s1)C1Cc2ccccc2C1. The van der Waals surface area contributed by atoms with Crippen molar-refractivity contribution < 1.29 is 9.90 Å². The van der Waals surface area contributed by atoms with Gasteiger partial charge in [0.05, 0.1) is 11.1 Å². The number of carbonyl (C=O) groups excluding carboxylic acids is 1. The van der Waals surface area contributed by atoms with E-state index in [2.05, 4.69) is 34.3 Å². The zero-order valence-electron chi connectivity index (χ0n) is 11.3. The molecule has 1 aliphatic carbocycles. The number of fused-ring (bicyclic) bond motifs is 1. The molecule has 0 spiro atoms. The summed E-state index contributed by atoms with van der Waals surface area (Å²) in [6.07, 6.45) is 3.17. The number of nitrogens with zero attached hydrogens (tertiary/aromatic N) is 1. The summed E-state index contributed by atoms with van der Waals surface area (Å²) in [5, 5.41) is 12.1. The van der Waals surface area contributed by atoms with E-state index in [4.69, 9.17) is 5.11 Å². The van der Waals surface area contributed by atoms with E-state index in [0.29, 0.717) is 5.13 Å². The van der Waals surface area contributed by atoms with Gasteiger partial charge < -0.3 is 10.4 Å². The van der Waals surface area contributed by atoms with E-state index < -0.39 is 0 Å². The fraction of sp³-hybridized carbons (Fsp3) is 0.250. The summed E-state index contributed by atoms with van der Waals surface area (Å²) in [6, 6.07) is 8.17. The molecule has 5 heteroatoms. The van der Waals surface area contributed by atoms with Crippen LogP contribution in [0.2, 0.25) is 0 Å². The highest BCUT2D eigenvalue weighted by molar-refractivity contribution is 7.16. The van der Waals surface area contributed by atoms with Gasteiger partial charge in [-0.05, 0) is 24.0 Å². The molecule has 2 N–H and O–H groups in total. The third kappa shape index (κ3) is 3.13. The molecule has 1 aliphatic rings. The average molecular weight is 298 g/mol. The Labute approximate surface area is 126 Å². The standard InChI is InChI=1S/C16H14N2O2S/c19-7-3-6-14-10-17-16(21-14)18-15(20)13-8-11-4-1-2-5-12(11)9-13/h1-2,4-5,10,13,19H,7-9H2,(H,17,18,20). The Morgan fingerprint density at radius 3 is 2.76 bits per heavy atom. The number of anilines is 1. The smallest absolute Gasteiger partial charge is 0.229 e. The molecule has 4 nitrogen and oxygen atoms in total. The molecular formula is C16H14N2O2S. The molecular weight excluding hydrogens is 284 g/mol. The molecule has 0 fully saturated rings. The first-order valence-corrected chi connectivity index (χ1v) is 7.51. The second-order valence-corrected chi connectivity index (χ2v) is 5.88. The first kappa shape index (κ1) is 13.8. The number of aliphatic hydroxyl groups is 1. The molecule has 1 amide bonds. The molecule has 0 aliphatic heterocycles. The van der Waals surface area contributed by atoms with Gasteiger partial charge in [-0.1, -0.05) is 47.4 Å². The lowest BCUT2D eigenvalue weighted by Crippen LogP contribution is -2.22. The van der Waals surface area contributed by atoms with Crippen molar-refractivity contribution in [2.45, 2.75) is 12.8 Å². The lowest BCUT2D eigenvalue weighted by molar-refractivity contribution is -0.119. The summed E-state index contributed by atoms with van der Waals surface area (Å²) >= 11 is 1.32. The molecule has 1 aromatic carbocycles. The molecule has 0 radical (unpaired) electrons. The molecule has 2 aromatic rings. The molecule has 1 heterocycles. The third-order valence-electron chi connectivity index (χ3n) is 3.45. The van der Waals surface area contributed by atoms with Crippen LogP contribution >= 0.6 is 11.3 Å². The van der Waals surface area contributed by atoms with E-state index in [9.17, 15) is 4.79 Å². The van der Waals surface area contributed by atoms with Crippen LogP contribution < -0.4 is 5.32 Å². The van der Waals surface area contributed by atoms with Crippen LogP contribution in [0.25, 0.3) is 0 Å². The van der Waals surface area contributed by atoms with Crippen molar-refractivity contribution in [2.24, 2.45) is 5.92 Å². The maximum atomic E-state index is 12.3. The van der Waals surface area contributed by atoms with Gasteiger partial charge in [-0.25, -0.2) is 4.98 Å². The zero-order valence-corrected chi connectivity index (χ0v) is 12.1. The van der Waals surface area contributed by atoms with Gasteiger partial charge in [0.15, 0.2) is 5.13 Å². The number of hydrogen-bond donors (Lipinski definition) is 2. The number of aromatic nitrogens is 1. The molecule has 1 aromatic heterocycles. The van der Waals surface area contributed by atoms with Crippen LogP contribution in [0.1, 0.15) is 16.0 Å². The molecule has 0 bridgehead atoms. The molecule has 0 atom stereocenters. The van der Waals surface area contributed by atoms with Crippen molar-refractivity contribution in [1.82, 2.24) is 4.98 Å². The van der Waals surface area contributed by atoms with Gasteiger partial charge in [0.2, 0.25) is 5.91 Å². The minimum absolute atomic E-state index is 0.00205. The Hall–Kier alpha value is -2.16. The summed E-state index contributed by atoms with van der Waals surface area (Å²) < 4.78 is 0. The fourth-order valence-corrected chi connectivity index (χ4v) is 3.16. The summed E-state index contributed by atoms with van der Waals surface area (Å²) in [5.41, 5.74) is 2.51. The van der Waals surface area contributed by atoms with Gasteiger partial charge in [0.25, 0.3) is 0 Å². The quantitative estimate of drug-likeness (QED) is 0.832. The van der Waals surface area contributed by atoms with Gasteiger partial charge in [-0.3, -0.25) is 4.79 Å². The van der Waals surface area contributed by atoms with Gasteiger partial charge in [0.1, 0.15) is 6.61 Å². The topological polar surface area (TPSA) is 62.2 Å². The second kappa shape index (κ2) is 6.08. The minimum atomic E-state index is -0.181. The molecule has 0 saturated carbocycles. The summed E-state index contributed by atoms with van der Waals surface area (Å²) in [5.74, 6) is 5.31. The summed E-state index contributed by atoms with van der Waals surface area (Å²) in [4.78, 5) is 17.1. The third-order valence-corrected chi connectivity index (χ3v) is 4.28. The Morgan fingerprint density at radius 1 is 1.38 bits per heavy atom. The van der Waals surface area contributed by atoms with Crippen LogP contribution in [0, 0.1) is 17.8 Å². The minimum Gasteiger partial charge on any atom is -0.384 e. The van der Waals surface area contributed by atoms with Crippen molar-refractivity contribution in [3.63, 3.8) is 0 Å². The van der Waals surface area contributed by atoms with E-state index in [1.54, 1.807) is 6.20 Å². The number of nitrogens with one attached hydrogen (secondary N) is 1. The van der Waals surface area contributed by atoms with Crippen molar-refractivity contribution in [3.05, 3.63) is 46.5 Å². The molecule has 0 unspecified atom stereocenters. The Kier molecular flexibility index (Phi) is 4.00. The lowest BCUT2D eigenvalue weighted by Gasteiger charge is -2.07. The zero-order chi connectivity index (χ0) is 14.7. The number of carbonyl (C=O) groups is 1. The van der Waals surface area contributed by atoms with Gasteiger partial charge in [0, 0.05) is 5.92 Å². The highest BCUT2D eigenvalue weighted by Gasteiger charge is 2.27. The highest BCUT2D eigenvalue weighted by Crippen LogP contribution is 2.28. The lowest BCUT2D eigenvalue weighted by atomic mass is 10.1. The maximum absolute atomic E-state index is 12.3. The van der Waals surface area contributed by atoms with Gasteiger partial charge >= 0.3 is 0 Å². The van der Waals surface area contributed by atoms with Crippen LogP contribution in [0.5, 0.6) is 0 Å². The second-order valence-electron chi connectivity index (χ2n) is 4.85. The average Bonchev–Trinajstić information content (AvgIpc) is 3.11. The van der Waals surface area contributed by atoms with Crippen LogP contribution in [0.4, 0.5) is 5.13 Å². The van der Waals surface area contributed by atoms with Gasteiger partial charge in [-0.2, -0.15) is 0 Å². The van der Waals surface area contributed by atoms with Crippen molar-refractivity contribution in [1.29, 1.82) is 0 Å². The predicted molar refractivity (Wildman–Crippen MR) is 82.0 cm³/mol. The van der Waals surface area contributed by atoms with E-state index >= 15 is 0 Å². The van der Waals surface area contributed by atoms with Gasteiger partial charge in [-0.15, -0.1) is 0 Å². The van der Waals surface area contributed by atoms with Crippen molar-refractivity contribution in [3.8, 4) is 11.8 Å². The summed E-state index contributed by atoms with van der Waals surface area (Å²) in [6.45, 7) is -0.181.